The number of likely N-dealkylation sites (N-methyl/N-ethyl adjacent to an activating group) is 1. The molecule has 0 atom stereocenters. The monoisotopic (exact) mass is 369 g/mol. The fraction of sp³-hybridized carbons (Fsp3) is 0.300. The van der Waals surface area contributed by atoms with Crippen molar-refractivity contribution < 1.29 is 19.1 Å². The lowest BCUT2D eigenvalue weighted by molar-refractivity contribution is -0.117. The first kappa shape index (κ1) is 18.7. The average Bonchev–Trinajstić information content (AvgIpc) is 2.61. The number of rotatable bonds is 6. The number of hydrogen-bond acceptors (Lipinski definition) is 5. The van der Waals surface area contributed by atoms with Gasteiger partial charge in [-0.15, -0.1) is 0 Å². The van der Waals surface area contributed by atoms with Gasteiger partial charge in [-0.2, -0.15) is 0 Å². The molecule has 1 aliphatic rings. The fourth-order valence-electron chi connectivity index (χ4n) is 2.88. The minimum atomic E-state index is -0.155. The third-order valence-corrected chi connectivity index (χ3v) is 3.94. The summed E-state index contributed by atoms with van der Waals surface area (Å²) in [6, 6.07) is 12.9. The number of carbonyl (C=O) groups is 2. The Morgan fingerprint density at radius 3 is 2.44 bits per heavy atom. The predicted octanol–water partition coefficient (Wildman–Crippen LogP) is 2.49. The van der Waals surface area contributed by atoms with Crippen LogP contribution in [0.25, 0.3) is 0 Å². The quantitative estimate of drug-likeness (QED) is 0.818. The molecule has 27 heavy (non-hydrogen) atoms. The van der Waals surface area contributed by atoms with Gasteiger partial charge in [0.2, 0.25) is 11.8 Å². The number of amides is 2. The highest BCUT2D eigenvalue weighted by Gasteiger charge is 2.13. The smallest absolute Gasteiger partial charge is 0.238 e. The second-order valence-electron chi connectivity index (χ2n) is 6.46. The minimum Gasteiger partial charge on any atom is -0.486 e. The Morgan fingerprint density at radius 1 is 1.00 bits per heavy atom. The molecule has 0 spiro atoms. The van der Waals surface area contributed by atoms with Crippen LogP contribution in [-0.4, -0.2) is 43.5 Å². The molecule has 0 unspecified atom stereocenters. The van der Waals surface area contributed by atoms with Gasteiger partial charge in [0.05, 0.1) is 6.54 Å². The second-order valence-corrected chi connectivity index (χ2v) is 6.46. The van der Waals surface area contributed by atoms with E-state index in [-0.39, 0.29) is 18.4 Å². The molecule has 2 aromatic carbocycles. The van der Waals surface area contributed by atoms with E-state index in [1.165, 1.54) is 6.92 Å². The van der Waals surface area contributed by atoms with E-state index in [0.29, 0.717) is 31.1 Å². The van der Waals surface area contributed by atoms with Crippen LogP contribution < -0.4 is 20.1 Å². The maximum Gasteiger partial charge on any atom is 0.238 e. The molecule has 0 aliphatic carbocycles. The third kappa shape index (κ3) is 5.46. The van der Waals surface area contributed by atoms with Crippen molar-refractivity contribution in [2.75, 3.05) is 37.4 Å². The number of nitrogens with one attached hydrogen (secondary N) is 2. The standard InChI is InChI=1S/C20H23N3O4/c1-14(24)21-16-4-3-5-17(11-16)22-20(25)13-23(2)12-15-6-7-18-19(10-15)27-9-8-26-18/h3-7,10-11H,8-9,12-13H2,1-2H3,(H,21,24)(H,22,25). The zero-order valence-corrected chi connectivity index (χ0v) is 15.5. The summed E-state index contributed by atoms with van der Waals surface area (Å²) >= 11 is 0. The molecule has 2 amide bonds. The molecule has 0 saturated heterocycles. The van der Waals surface area contributed by atoms with Crippen LogP contribution in [0.2, 0.25) is 0 Å². The van der Waals surface area contributed by atoms with Gasteiger partial charge < -0.3 is 20.1 Å². The normalized spacial score (nSPS) is 12.6. The van der Waals surface area contributed by atoms with Gasteiger partial charge in [0.1, 0.15) is 13.2 Å². The minimum absolute atomic E-state index is 0.130. The molecule has 2 aromatic rings. The Morgan fingerprint density at radius 2 is 1.70 bits per heavy atom. The fourth-order valence-corrected chi connectivity index (χ4v) is 2.88. The number of nitrogens with zero attached hydrogens (tertiary/aromatic N) is 1. The number of ether oxygens (including phenoxy) is 2. The molecule has 0 radical (unpaired) electrons. The highest BCUT2D eigenvalue weighted by molar-refractivity contribution is 5.94. The van der Waals surface area contributed by atoms with Gasteiger partial charge in [-0.1, -0.05) is 12.1 Å². The summed E-state index contributed by atoms with van der Waals surface area (Å²) in [4.78, 5) is 25.3. The summed E-state index contributed by atoms with van der Waals surface area (Å²) in [6.45, 7) is 3.40. The molecule has 3 rings (SSSR count). The molecule has 1 heterocycles. The van der Waals surface area contributed by atoms with Crippen molar-refractivity contribution in [3.63, 3.8) is 0 Å². The highest BCUT2D eigenvalue weighted by atomic mass is 16.6. The Hall–Kier alpha value is -3.06. The van der Waals surface area contributed by atoms with Gasteiger partial charge in [0.15, 0.2) is 11.5 Å². The van der Waals surface area contributed by atoms with Crippen molar-refractivity contribution in [3.8, 4) is 11.5 Å². The first-order valence-electron chi connectivity index (χ1n) is 8.74. The van der Waals surface area contributed by atoms with Crippen molar-refractivity contribution in [1.82, 2.24) is 4.90 Å². The van der Waals surface area contributed by atoms with Crippen molar-refractivity contribution in [2.24, 2.45) is 0 Å². The van der Waals surface area contributed by atoms with Crippen LogP contribution in [0.3, 0.4) is 0 Å². The zero-order chi connectivity index (χ0) is 19.2. The van der Waals surface area contributed by atoms with Crippen LogP contribution in [0.15, 0.2) is 42.5 Å². The van der Waals surface area contributed by atoms with Crippen molar-refractivity contribution >= 4 is 23.2 Å². The number of anilines is 2. The first-order valence-corrected chi connectivity index (χ1v) is 8.74. The van der Waals surface area contributed by atoms with Gasteiger partial charge in [-0.3, -0.25) is 14.5 Å². The van der Waals surface area contributed by atoms with Gasteiger partial charge in [0.25, 0.3) is 0 Å². The van der Waals surface area contributed by atoms with E-state index in [2.05, 4.69) is 10.6 Å². The number of fused-ring (bicyclic) bond motifs is 1. The van der Waals surface area contributed by atoms with Crippen LogP contribution >= 0.6 is 0 Å². The van der Waals surface area contributed by atoms with E-state index in [9.17, 15) is 9.59 Å². The number of carbonyl (C=O) groups excluding carboxylic acids is 2. The number of benzene rings is 2. The maximum absolute atomic E-state index is 12.3. The van der Waals surface area contributed by atoms with Gasteiger partial charge in [-0.05, 0) is 42.9 Å². The maximum atomic E-state index is 12.3. The van der Waals surface area contributed by atoms with E-state index >= 15 is 0 Å². The summed E-state index contributed by atoms with van der Waals surface area (Å²) in [6.07, 6.45) is 0. The average molecular weight is 369 g/mol. The lowest BCUT2D eigenvalue weighted by Crippen LogP contribution is -2.29. The van der Waals surface area contributed by atoms with E-state index < -0.39 is 0 Å². The van der Waals surface area contributed by atoms with Crippen LogP contribution in [0.1, 0.15) is 12.5 Å². The summed E-state index contributed by atoms with van der Waals surface area (Å²) in [5.74, 6) is 1.21. The van der Waals surface area contributed by atoms with E-state index in [1.54, 1.807) is 24.3 Å². The summed E-state index contributed by atoms with van der Waals surface area (Å²) in [5, 5.41) is 5.54. The molecule has 0 bridgehead atoms. The van der Waals surface area contributed by atoms with Crippen LogP contribution in [0.5, 0.6) is 11.5 Å². The van der Waals surface area contributed by atoms with Gasteiger partial charge >= 0.3 is 0 Å². The molecular weight excluding hydrogens is 346 g/mol. The molecule has 0 saturated carbocycles. The summed E-state index contributed by atoms with van der Waals surface area (Å²) in [5.41, 5.74) is 2.33. The zero-order valence-electron chi connectivity index (χ0n) is 15.5. The first-order chi connectivity index (χ1) is 13.0. The van der Waals surface area contributed by atoms with Crippen LogP contribution in [0.4, 0.5) is 11.4 Å². The van der Waals surface area contributed by atoms with Crippen LogP contribution in [-0.2, 0) is 16.1 Å². The molecule has 0 fully saturated rings. The van der Waals surface area contributed by atoms with E-state index in [0.717, 1.165) is 17.1 Å². The second kappa shape index (κ2) is 8.55. The Labute approximate surface area is 158 Å². The van der Waals surface area contributed by atoms with Crippen molar-refractivity contribution in [1.29, 1.82) is 0 Å². The topological polar surface area (TPSA) is 79.9 Å². The van der Waals surface area contributed by atoms with Crippen molar-refractivity contribution in [2.45, 2.75) is 13.5 Å². The predicted molar refractivity (Wildman–Crippen MR) is 103 cm³/mol. The van der Waals surface area contributed by atoms with E-state index in [1.807, 2.05) is 30.1 Å². The summed E-state index contributed by atoms with van der Waals surface area (Å²) < 4.78 is 11.1. The summed E-state index contributed by atoms with van der Waals surface area (Å²) in [7, 11) is 1.88. The Balaban J connectivity index is 1.54. The third-order valence-electron chi connectivity index (χ3n) is 3.94. The molecule has 7 heteroatoms. The largest absolute Gasteiger partial charge is 0.486 e. The van der Waals surface area contributed by atoms with Crippen molar-refractivity contribution in [3.05, 3.63) is 48.0 Å². The molecule has 2 N–H and O–H groups in total. The highest BCUT2D eigenvalue weighted by Crippen LogP contribution is 2.31. The molecular formula is C20H23N3O4. The van der Waals surface area contributed by atoms with Gasteiger partial charge in [-0.25, -0.2) is 0 Å². The SMILES string of the molecule is CC(=O)Nc1cccc(NC(=O)CN(C)Cc2ccc3c(c2)OCCO3)c1. The molecule has 142 valence electrons. The van der Waals surface area contributed by atoms with Gasteiger partial charge in [0, 0.05) is 24.8 Å². The molecule has 0 aromatic heterocycles. The molecule has 7 nitrogen and oxygen atoms in total. The Kier molecular flexibility index (Phi) is 5.93. The number of hydrogen-bond donors (Lipinski definition) is 2. The lowest BCUT2D eigenvalue weighted by Gasteiger charge is -2.21. The lowest BCUT2D eigenvalue weighted by atomic mass is 10.2. The molecule has 1 aliphatic heterocycles. The Bertz CT molecular complexity index is 838. The van der Waals surface area contributed by atoms with Crippen LogP contribution in [0, 0.1) is 0 Å². The van der Waals surface area contributed by atoms with E-state index in [4.69, 9.17) is 9.47 Å².